The highest BCUT2D eigenvalue weighted by Crippen LogP contribution is 2.17. The molecule has 0 fully saturated rings. The summed E-state index contributed by atoms with van der Waals surface area (Å²) in [5, 5.41) is 0. The van der Waals surface area contributed by atoms with Gasteiger partial charge in [-0.15, -0.1) is 0 Å². The van der Waals surface area contributed by atoms with Crippen LogP contribution in [0.1, 0.15) is 29.4 Å². The Balaban J connectivity index is 2.12. The number of Topliss-reactive ketones (excluding diaryl/α,β-unsaturated/α-hetero) is 1. The molecule has 0 saturated carbocycles. The van der Waals surface area contributed by atoms with Crippen molar-refractivity contribution >= 4 is 11.8 Å². The Labute approximate surface area is 130 Å². The number of benzene rings is 1. The van der Waals surface area contributed by atoms with Crippen LogP contribution in [-0.4, -0.2) is 23.3 Å². The first-order valence-electron chi connectivity index (χ1n) is 7.38. The molecular weight excluding hydrogens is 278 g/mol. The molecule has 1 aromatic heterocycles. The number of ether oxygens (including phenoxy) is 1. The number of nitrogens with zero attached hydrogens (tertiary/aromatic N) is 1. The summed E-state index contributed by atoms with van der Waals surface area (Å²) in [6.45, 7) is 2.00. The van der Waals surface area contributed by atoms with Gasteiger partial charge in [-0.2, -0.15) is 0 Å². The molecule has 0 aliphatic rings. The molecule has 1 aromatic carbocycles. The third-order valence-corrected chi connectivity index (χ3v) is 3.36. The van der Waals surface area contributed by atoms with E-state index in [0.717, 1.165) is 5.69 Å². The summed E-state index contributed by atoms with van der Waals surface area (Å²) in [6.07, 6.45) is 2.65. The molecule has 114 valence electrons. The van der Waals surface area contributed by atoms with Gasteiger partial charge in [-0.1, -0.05) is 36.4 Å². The number of pyridine rings is 1. The van der Waals surface area contributed by atoms with Gasteiger partial charge < -0.3 is 4.74 Å². The van der Waals surface area contributed by atoms with Crippen molar-refractivity contribution in [3.05, 3.63) is 66.0 Å². The van der Waals surface area contributed by atoms with Gasteiger partial charge in [0.2, 0.25) is 0 Å². The normalized spacial score (nSPS) is 11.7. The fraction of sp³-hybridized carbons (Fsp3) is 0.278. The fourth-order valence-electron chi connectivity index (χ4n) is 2.24. The quantitative estimate of drug-likeness (QED) is 0.448. The molecule has 2 rings (SSSR count). The Kier molecular flexibility index (Phi) is 5.83. The number of carbonyl (C=O) groups excluding carboxylic acids is 2. The molecule has 0 N–H and O–H groups in total. The molecule has 1 atom stereocenters. The zero-order valence-electron chi connectivity index (χ0n) is 12.6. The summed E-state index contributed by atoms with van der Waals surface area (Å²) in [4.78, 5) is 28.9. The van der Waals surface area contributed by atoms with Crippen molar-refractivity contribution in [1.29, 1.82) is 0 Å². The van der Waals surface area contributed by atoms with E-state index in [2.05, 4.69) is 4.98 Å². The zero-order valence-corrected chi connectivity index (χ0v) is 12.6. The van der Waals surface area contributed by atoms with Gasteiger partial charge >= 0.3 is 5.97 Å². The van der Waals surface area contributed by atoms with E-state index in [9.17, 15) is 9.59 Å². The minimum atomic E-state index is -0.788. The topological polar surface area (TPSA) is 56.3 Å². The monoisotopic (exact) mass is 297 g/mol. The number of hydrogen-bond donors (Lipinski definition) is 0. The van der Waals surface area contributed by atoms with E-state index >= 15 is 0 Å². The van der Waals surface area contributed by atoms with Gasteiger partial charge in [0.1, 0.15) is 5.92 Å². The van der Waals surface area contributed by atoms with E-state index in [1.54, 1.807) is 37.4 Å². The molecule has 0 radical (unpaired) electrons. The Morgan fingerprint density at radius 2 is 1.82 bits per heavy atom. The van der Waals surface area contributed by atoms with Gasteiger partial charge in [0, 0.05) is 17.5 Å². The van der Waals surface area contributed by atoms with Crippen LogP contribution in [-0.2, 0) is 16.0 Å². The molecule has 4 nitrogen and oxygen atoms in total. The van der Waals surface area contributed by atoms with E-state index in [1.807, 2.05) is 24.3 Å². The van der Waals surface area contributed by atoms with Crippen molar-refractivity contribution in [1.82, 2.24) is 4.98 Å². The zero-order chi connectivity index (χ0) is 15.8. The molecule has 0 spiro atoms. The first-order valence-corrected chi connectivity index (χ1v) is 7.38. The van der Waals surface area contributed by atoms with Crippen LogP contribution in [0.4, 0.5) is 0 Å². The molecule has 22 heavy (non-hydrogen) atoms. The van der Waals surface area contributed by atoms with Gasteiger partial charge in [0.15, 0.2) is 5.78 Å². The van der Waals surface area contributed by atoms with Gasteiger partial charge in [-0.25, -0.2) is 0 Å². The standard InChI is InChI=1S/C18H19NO3/c1-2-22-18(21)16(12-11-15-10-6-7-13-19-15)17(20)14-8-4-3-5-9-14/h3-10,13,16H,2,11-12H2,1H3. The number of aryl methyl sites for hydroxylation is 1. The lowest BCUT2D eigenvalue weighted by Gasteiger charge is -2.14. The number of aromatic nitrogens is 1. The maximum Gasteiger partial charge on any atom is 0.316 e. The van der Waals surface area contributed by atoms with Gasteiger partial charge in [-0.3, -0.25) is 14.6 Å². The predicted octanol–water partition coefficient (Wildman–Crippen LogP) is 3.08. The molecule has 0 aliphatic heterocycles. The van der Waals surface area contributed by atoms with Gasteiger partial charge in [-0.05, 0) is 31.9 Å². The van der Waals surface area contributed by atoms with Crippen molar-refractivity contribution in [3.63, 3.8) is 0 Å². The van der Waals surface area contributed by atoms with Crippen LogP contribution < -0.4 is 0 Å². The lowest BCUT2D eigenvalue weighted by Crippen LogP contribution is -2.27. The van der Waals surface area contributed by atoms with Crippen LogP contribution in [0.2, 0.25) is 0 Å². The Morgan fingerprint density at radius 1 is 1.09 bits per heavy atom. The van der Waals surface area contributed by atoms with Gasteiger partial charge in [0.25, 0.3) is 0 Å². The molecule has 0 bridgehead atoms. The molecule has 1 unspecified atom stereocenters. The first-order chi connectivity index (χ1) is 10.7. The maximum atomic E-state index is 12.6. The molecule has 4 heteroatoms. The molecule has 0 saturated heterocycles. The van der Waals surface area contributed by atoms with Gasteiger partial charge in [0.05, 0.1) is 6.61 Å². The second-order valence-corrected chi connectivity index (χ2v) is 4.89. The van der Waals surface area contributed by atoms with Crippen molar-refractivity contribution in [2.24, 2.45) is 5.92 Å². The van der Waals surface area contributed by atoms with E-state index < -0.39 is 11.9 Å². The summed E-state index contributed by atoms with van der Waals surface area (Å²) in [6, 6.07) is 14.5. The second-order valence-electron chi connectivity index (χ2n) is 4.89. The summed E-state index contributed by atoms with van der Waals surface area (Å²) in [7, 11) is 0. The lowest BCUT2D eigenvalue weighted by molar-refractivity contribution is -0.146. The summed E-state index contributed by atoms with van der Waals surface area (Å²) < 4.78 is 5.05. The number of carbonyl (C=O) groups is 2. The lowest BCUT2D eigenvalue weighted by atomic mass is 9.92. The highest BCUT2D eigenvalue weighted by molar-refractivity contribution is 6.08. The molecule has 0 aliphatic carbocycles. The summed E-state index contributed by atoms with van der Waals surface area (Å²) >= 11 is 0. The predicted molar refractivity (Wildman–Crippen MR) is 83.5 cm³/mol. The fourth-order valence-corrected chi connectivity index (χ4v) is 2.24. The molecule has 0 amide bonds. The third kappa shape index (κ3) is 4.25. The average molecular weight is 297 g/mol. The first kappa shape index (κ1) is 15.9. The van der Waals surface area contributed by atoms with Crippen LogP contribution in [0.3, 0.4) is 0 Å². The van der Waals surface area contributed by atoms with Crippen LogP contribution in [0.15, 0.2) is 54.7 Å². The van der Waals surface area contributed by atoms with Crippen LogP contribution in [0, 0.1) is 5.92 Å². The van der Waals surface area contributed by atoms with E-state index in [0.29, 0.717) is 18.4 Å². The number of rotatable bonds is 7. The molecule has 1 heterocycles. The Bertz CT molecular complexity index is 611. The Morgan fingerprint density at radius 3 is 2.45 bits per heavy atom. The summed E-state index contributed by atoms with van der Waals surface area (Å²) in [5.41, 5.74) is 1.39. The van der Waals surface area contributed by atoms with Crippen molar-refractivity contribution in [2.45, 2.75) is 19.8 Å². The SMILES string of the molecule is CCOC(=O)C(CCc1ccccn1)C(=O)c1ccccc1. The average Bonchev–Trinajstić information content (AvgIpc) is 2.57. The highest BCUT2D eigenvalue weighted by atomic mass is 16.5. The van der Waals surface area contributed by atoms with E-state index in [4.69, 9.17) is 4.74 Å². The largest absolute Gasteiger partial charge is 0.465 e. The van der Waals surface area contributed by atoms with Crippen LogP contribution >= 0.6 is 0 Å². The van der Waals surface area contributed by atoms with Crippen LogP contribution in [0.5, 0.6) is 0 Å². The van der Waals surface area contributed by atoms with Crippen LogP contribution in [0.25, 0.3) is 0 Å². The number of esters is 1. The highest BCUT2D eigenvalue weighted by Gasteiger charge is 2.28. The Hall–Kier alpha value is -2.49. The third-order valence-electron chi connectivity index (χ3n) is 3.36. The maximum absolute atomic E-state index is 12.6. The number of hydrogen-bond acceptors (Lipinski definition) is 4. The second kappa shape index (κ2) is 8.08. The van der Waals surface area contributed by atoms with Crippen molar-refractivity contribution in [3.8, 4) is 0 Å². The minimum Gasteiger partial charge on any atom is -0.465 e. The van der Waals surface area contributed by atoms with Crippen molar-refractivity contribution < 1.29 is 14.3 Å². The van der Waals surface area contributed by atoms with Crippen molar-refractivity contribution in [2.75, 3.05) is 6.61 Å². The smallest absolute Gasteiger partial charge is 0.316 e. The summed E-state index contributed by atoms with van der Waals surface area (Å²) in [5.74, 6) is -1.45. The molecule has 2 aromatic rings. The number of ketones is 1. The van der Waals surface area contributed by atoms with E-state index in [-0.39, 0.29) is 12.4 Å². The minimum absolute atomic E-state index is 0.199. The molecular formula is C18H19NO3. The van der Waals surface area contributed by atoms with E-state index in [1.165, 1.54) is 0 Å².